The van der Waals surface area contributed by atoms with Crippen molar-refractivity contribution in [3.63, 3.8) is 0 Å². The van der Waals surface area contributed by atoms with E-state index in [4.69, 9.17) is 9.47 Å². The topological polar surface area (TPSA) is 18.5 Å². The van der Waals surface area contributed by atoms with Gasteiger partial charge in [0.1, 0.15) is 5.75 Å². The Morgan fingerprint density at radius 1 is 1.19 bits per heavy atom. The maximum absolute atomic E-state index is 5.78. The van der Waals surface area contributed by atoms with Crippen LogP contribution in [-0.4, -0.2) is 18.5 Å². The van der Waals surface area contributed by atoms with Gasteiger partial charge in [-0.15, -0.1) is 0 Å². The Morgan fingerprint density at radius 2 is 1.81 bits per heavy atom. The second-order valence-electron chi connectivity index (χ2n) is 4.00. The summed E-state index contributed by atoms with van der Waals surface area (Å²) in [6, 6.07) is 7.98. The van der Waals surface area contributed by atoms with Gasteiger partial charge in [0.2, 0.25) is 0 Å². The molecule has 2 atom stereocenters. The van der Waals surface area contributed by atoms with E-state index in [1.54, 1.807) is 7.11 Å². The van der Waals surface area contributed by atoms with Crippen LogP contribution in [0.2, 0.25) is 0 Å². The molecule has 0 radical (unpaired) electrons. The van der Waals surface area contributed by atoms with Crippen LogP contribution in [-0.2, 0) is 11.3 Å². The predicted molar refractivity (Wildman–Crippen MR) is 70.2 cm³/mol. The summed E-state index contributed by atoms with van der Waals surface area (Å²) in [5.74, 6) is 1.41. The Bertz CT molecular complexity index is 297. The van der Waals surface area contributed by atoms with Gasteiger partial charge in [-0.3, -0.25) is 0 Å². The molecule has 0 heterocycles. The summed E-state index contributed by atoms with van der Waals surface area (Å²) in [6.45, 7) is 4.94. The fourth-order valence-electron chi connectivity index (χ4n) is 1.24. The van der Waals surface area contributed by atoms with Gasteiger partial charge in [-0.2, -0.15) is 0 Å². The molecule has 1 aromatic carbocycles. The van der Waals surface area contributed by atoms with Crippen molar-refractivity contribution in [3.8, 4) is 5.75 Å². The summed E-state index contributed by atoms with van der Waals surface area (Å²) in [6.07, 6.45) is 0.265. The number of hydrogen-bond donors (Lipinski definition) is 0. The van der Waals surface area contributed by atoms with E-state index in [9.17, 15) is 0 Å². The minimum absolute atomic E-state index is 0.265. The maximum atomic E-state index is 5.78. The molecule has 2 unspecified atom stereocenters. The average Bonchev–Trinajstić information content (AvgIpc) is 2.35. The van der Waals surface area contributed by atoms with Gasteiger partial charge in [0, 0.05) is 5.33 Å². The molecule has 0 aliphatic rings. The van der Waals surface area contributed by atoms with Crippen molar-refractivity contribution >= 4 is 15.9 Å². The summed E-state index contributed by atoms with van der Waals surface area (Å²) < 4.78 is 10.9. The van der Waals surface area contributed by atoms with Gasteiger partial charge in [-0.05, 0) is 30.5 Å². The first-order valence-corrected chi connectivity index (χ1v) is 6.60. The lowest BCUT2D eigenvalue weighted by Crippen LogP contribution is -2.19. The molecule has 1 rings (SSSR count). The van der Waals surface area contributed by atoms with Gasteiger partial charge in [-0.1, -0.05) is 35.0 Å². The number of alkyl halides is 1. The van der Waals surface area contributed by atoms with Crippen LogP contribution >= 0.6 is 15.9 Å². The second kappa shape index (κ2) is 6.92. The molecule has 0 amide bonds. The fourth-order valence-corrected chi connectivity index (χ4v) is 1.77. The number of hydrogen-bond acceptors (Lipinski definition) is 2. The summed E-state index contributed by atoms with van der Waals surface area (Å²) in [5.41, 5.74) is 1.18. The SMILES string of the molecule is COc1ccc(COC(C)C(C)CBr)cc1. The second-order valence-corrected chi connectivity index (χ2v) is 4.64. The molecule has 3 heteroatoms. The summed E-state index contributed by atoms with van der Waals surface area (Å²) in [7, 11) is 1.67. The number of methoxy groups -OCH3 is 1. The van der Waals surface area contributed by atoms with E-state index >= 15 is 0 Å². The van der Waals surface area contributed by atoms with Crippen LogP contribution < -0.4 is 4.74 Å². The van der Waals surface area contributed by atoms with Crippen molar-refractivity contribution in [2.24, 2.45) is 5.92 Å². The van der Waals surface area contributed by atoms with Crippen LogP contribution in [0.25, 0.3) is 0 Å². The van der Waals surface area contributed by atoms with Gasteiger partial charge in [-0.25, -0.2) is 0 Å². The van der Waals surface area contributed by atoms with E-state index in [1.165, 1.54) is 5.56 Å². The molecule has 1 aromatic rings. The monoisotopic (exact) mass is 286 g/mol. The zero-order chi connectivity index (χ0) is 12.0. The molecule has 16 heavy (non-hydrogen) atoms. The minimum Gasteiger partial charge on any atom is -0.497 e. The van der Waals surface area contributed by atoms with E-state index in [2.05, 4.69) is 29.8 Å². The maximum Gasteiger partial charge on any atom is 0.118 e. The highest BCUT2D eigenvalue weighted by molar-refractivity contribution is 9.09. The first kappa shape index (κ1) is 13.5. The fraction of sp³-hybridized carbons (Fsp3) is 0.538. The van der Waals surface area contributed by atoms with Crippen molar-refractivity contribution in [1.82, 2.24) is 0 Å². The van der Waals surface area contributed by atoms with Gasteiger partial charge in [0.25, 0.3) is 0 Å². The third-order valence-electron chi connectivity index (χ3n) is 2.72. The number of ether oxygens (including phenoxy) is 2. The molecule has 0 bridgehead atoms. The molecule has 2 nitrogen and oxygen atoms in total. The van der Waals surface area contributed by atoms with E-state index in [1.807, 2.05) is 24.3 Å². The molecule has 0 aromatic heterocycles. The minimum atomic E-state index is 0.265. The van der Waals surface area contributed by atoms with Crippen LogP contribution in [0.4, 0.5) is 0 Å². The Kier molecular flexibility index (Phi) is 5.85. The summed E-state index contributed by atoms with van der Waals surface area (Å²) in [5, 5.41) is 0.969. The van der Waals surface area contributed by atoms with Crippen molar-refractivity contribution in [1.29, 1.82) is 0 Å². The van der Waals surface area contributed by atoms with Crippen molar-refractivity contribution in [2.75, 3.05) is 12.4 Å². The van der Waals surface area contributed by atoms with Crippen molar-refractivity contribution in [3.05, 3.63) is 29.8 Å². The van der Waals surface area contributed by atoms with E-state index in [0.717, 1.165) is 11.1 Å². The predicted octanol–water partition coefficient (Wildman–Crippen LogP) is 3.63. The molecule has 0 N–H and O–H groups in total. The highest BCUT2D eigenvalue weighted by atomic mass is 79.9. The Balaban J connectivity index is 2.42. The average molecular weight is 287 g/mol. The number of rotatable bonds is 6. The molecule has 0 aliphatic heterocycles. The molecule has 90 valence electrons. The number of halogens is 1. The normalized spacial score (nSPS) is 14.5. The third-order valence-corrected chi connectivity index (χ3v) is 3.74. The number of benzene rings is 1. The highest BCUT2D eigenvalue weighted by Gasteiger charge is 2.10. The Morgan fingerprint density at radius 3 is 2.31 bits per heavy atom. The lowest BCUT2D eigenvalue weighted by Gasteiger charge is -2.18. The molecular formula is C13H19BrO2. The van der Waals surface area contributed by atoms with Crippen molar-refractivity contribution < 1.29 is 9.47 Å². The van der Waals surface area contributed by atoms with Gasteiger partial charge < -0.3 is 9.47 Å². The van der Waals surface area contributed by atoms with Crippen molar-refractivity contribution in [2.45, 2.75) is 26.6 Å². The van der Waals surface area contributed by atoms with Gasteiger partial charge in [0.05, 0.1) is 19.8 Å². The first-order chi connectivity index (χ1) is 7.67. The summed E-state index contributed by atoms with van der Waals surface area (Å²) in [4.78, 5) is 0. The van der Waals surface area contributed by atoms with Crippen LogP contribution in [0.1, 0.15) is 19.4 Å². The standard InChI is InChI=1S/C13H19BrO2/c1-10(8-14)11(2)16-9-12-4-6-13(15-3)7-5-12/h4-7,10-11H,8-9H2,1-3H3. The van der Waals surface area contributed by atoms with Crippen LogP contribution in [0.5, 0.6) is 5.75 Å². The van der Waals surface area contributed by atoms with Crippen LogP contribution in [0, 0.1) is 5.92 Å². The molecule has 0 spiro atoms. The molecule has 0 saturated heterocycles. The van der Waals surface area contributed by atoms with E-state index < -0.39 is 0 Å². The summed E-state index contributed by atoms with van der Waals surface area (Å²) >= 11 is 3.46. The largest absolute Gasteiger partial charge is 0.497 e. The smallest absolute Gasteiger partial charge is 0.118 e. The van der Waals surface area contributed by atoms with E-state index in [0.29, 0.717) is 12.5 Å². The Labute approximate surface area is 106 Å². The lowest BCUT2D eigenvalue weighted by atomic mass is 10.1. The lowest BCUT2D eigenvalue weighted by molar-refractivity contribution is 0.0251. The zero-order valence-corrected chi connectivity index (χ0v) is 11.7. The molecule has 0 saturated carbocycles. The molecule has 0 fully saturated rings. The van der Waals surface area contributed by atoms with Crippen LogP contribution in [0.15, 0.2) is 24.3 Å². The van der Waals surface area contributed by atoms with E-state index in [-0.39, 0.29) is 6.10 Å². The Hall–Kier alpha value is -0.540. The quantitative estimate of drug-likeness (QED) is 0.744. The van der Waals surface area contributed by atoms with Gasteiger partial charge >= 0.3 is 0 Å². The zero-order valence-electron chi connectivity index (χ0n) is 10.1. The highest BCUT2D eigenvalue weighted by Crippen LogP contribution is 2.15. The first-order valence-electron chi connectivity index (χ1n) is 5.48. The molecule has 0 aliphatic carbocycles. The third kappa shape index (κ3) is 4.14. The van der Waals surface area contributed by atoms with Gasteiger partial charge in [0.15, 0.2) is 0 Å². The van der Waals surface area contributed by atoms with Crippen LogP contribution in [0.3, 0.4) is 0 Å². The molecular weight excluding hydrogens is 268 g/mol.